The van der Waals surface area contributed by atoms with Crippen LogP contribution in [0.2, 0.25) is 0 Å². The average molecular weight is 412 g/mol. The van der Waals surface area contributed by atoms with Crippen LogP contribution < -0.4 is 5.56 Å². The minimum absolute atomic E-state index is 0.120. The molecular weight excluding hydrogens is 392 g/mol. The number of carbonyl (C=O) groups excluding carboxylic acids is 1. The molecule has 7 nitrogen and oxygen atoms in total. The van der Waals surface area contributed by atoms with E-state index in [1.165, 1.54) is 0 Å². The molecule has 1 aromatic heterocycles. The first-order valence-electron chi connectivity index (χ1n) is 9.44. The highest BCUT2D eigenvalue weighted by Crippen LogP contribution is 2.22. The zero-order chi connectivity index (χ0) is 22.6. The van der Waals surface area contributed by atoms with Crippen molar-refractivity contribution in [1.29, 1.82) is 0 Å². The van der Waals surface area contributed by atoms with Crippen molar-refractivity contribution in [3.63, 3.8) is 0 Å². The third-order valence-corrected chi connectivity index (χ3v) is 3.95. The lowest BCUT2D eigenvalue weighted by atomic mass is 10.1. The zero-order valence-corrected chi connectivity index (χ0v) is 17.2. The van der Waals surface area contributed by atoms with E-state index in [1.54, 1.807) is 54.1 Å². The van der Waals surface area contributed by atoms with E-state index in [9.17, 15) is 9.59 Å². The Balaban J connectivity index is 0.000000221. The maximum atomic E-state index is 11.3. The number of nitrogens with one attached hydrogen (secondary N) is 1. The predicted octanol–water partition coefficient (Wildman–Crippen LogP) is 4.57. The number of aromatic nitrogens is 2. The molecular formula is C24H20N4O3. The summed E-state index contributed by atoms with van der Waals surface area (Å²) in [5, 5.41) is 2.71. The second kappa shape index (κ2) is 11.5. The summed E-state index contributed by atoms with van der Waals surface area (Å²) in [4.78, 5) is 28.8. The molecule has 0 saturated carbocycles. The standard InChI is InChI=1S/C12H11N3O.C12H9NO2/c1-3-15-11(8-12(16)14-15)9-5-4-6-10(7-9)13-2;1-3-15-12(14)8-7-10-5-4-6-11(9-10)13-2/h4-8H,3H2,1H3,(H,14,16);4-6,9H,3H2,1H3. The van der Waals surface area contributed by atoms with Gasteiger partial charge in [0.15, 0.2) is 11.4 Å². The maximum absolute atomic E-state index is 11.3. The summed E-state index contributed by atoms with van der Waals surface area (Å²) < 4.78 is 6.42. The minimum Gasteiger partial charge on any atom is -0.456 e. The van der Waals surface area contributed by atoms with Gasteiger partial charge in [-0.05, 0) is 37.6 Å². The van der Waals surface area contributed by atoms with Crippen molar-refractivity contribution in [3.05, 3.63) is 93.3 Å². The fourth-order valence-electron chi connectivity index (χ4n) is 2.59. The molecule has 0 unspecified atom stereocenters. The number of esters is 1. The molecule has 7 heteroatoms. The van der Waals surface area contributed by atoms with E-state index in [2.05, 4.69) is 31.4 Å². The van der Waals surface area contributed by atoms with E-state index in [-0.39, 0.29) is 5.56 Å². The number of ether oxygens (including phenoxy) is 1. The van der Waals surface area contributed by atoms with Gasteiger partial charge in [0, 0.05) is 24.1 Å². The van der Waals surface area contributed by atoms with Gasteiger partial charge in [0.05, 0.1) is 25.4 Å². The van der Waals surface area contributed by atoms with Crippen LogP contribution in [0.4, 0.5) is 11.4 Å². The van der Waals surface area contributed by atoms with Gasteiger partial charge in [-0.2, -0.15) is 0 Å². The Morgan fingerprint density at radius 1 is 1.06 bits per heavy atom. The number of hydrogen-bond acceptors (Lipinski definition) is 3. The molecule has 3 rings (SSSR count). The monoisotopic (exact) mass is 412 g/mol. The highest BCUT2D eigenvalue weighted by atomic mass is 16.5. The Kier molecular flexibility index (Phi) is 8.41. The van der Waals surface area contributed by atoms with Gasteiger partial charge in [-0.1, -0.05) is 36.3 Å². The van der Waals surface area contributed by atoms with Gasteiger partial charge < -0.3 is 4.74 Å². The predicted molar refractivity (Wildman–Crippen MR) is 119 cm³/mol. The summed E-state index contributed by atoms with van der Waals surface area (Å²) >= 11 is 0. The van der Waals surface area contributed by atoms with Crippen molar-refractivity contribution in [1.82, 2.24) is 9.78 Å². The highest BCUT2D eigenvalue weighted by Gasteiger charge is 2.06. The molecule has 1 heterocycles. The van der Waals surface area contributed by atoms with Crippen LogP contribution in [0.5, 0.6) is 0 Å². The van der Waals surface area contributed by atoms with Crippen molar-refractivity contribution in [2.45, 2.75) is 20.4 Å². The minimum atomic E-state index is -0.550. The van der Waals surface area contributed by atoms with E-state index in [0.717, 1.165) is 11.3 Å². The van der Waals surface area contributed by atoms with Gasteiger partial charge in [0.25, 0.3) is 5.56 Å². The molecule has 0 amide bonds. The number of H-pyrrole nitrogens is 1. The molecule has 0 radical (unpaired) electrons. The third kappa shape index (κ3) is 6.78. The third-order valence-electron chi connectivity index (χ3n) is 3.95. The molecule has 0 atom stereocenters. The first-order valence-corrected chi connectivity index (χ1v) is 9.44. The Hall–Kier alpha value is -4.54. The second-order valence-electron chi connectivity index (χ2n) is 6.04. The number of hydrogen-bond donors (Lipinski definition) is 1. The molecule has 1 N–H and O–H groups in total. The van der Waals surface area contributed by atoms with Crippen LogP contribution in [0.1, 0.15) is 19.4 Å². The lowest BCUT2D eigenvalue weighted by Gasteiger charge is -2.05. The molecule has 154 valence electrons. The van der Waals surface area contributed by atoms with Gasteiger partial charge in [-0.3, -0.25) is 14.6 Å². The van der Waals surface area contributed by atoms with Crippen molar-refractivity contribution < 1.29 is 9.53 Å². The van der Waals surface area contributed by atoms with Crippen molar-refractivity contribution in [3.8, 4) is 23.1 Å². The Bertz CT molecular complexity index is 1260. The highest BCUT2D eigenvalue weighted by molar-refractivity contribution is 5.89. The van der Waals surface area contributed by atoms with Crippen molar-refractivity contribution >= 4 is 17.3 Å². The smallest absolute Gasteiger partial charge is 0.384 e. The first-order chi connectivity index (χ1) is 15.0. The molecule has 0 fully saturated rings. The summed E-state index contributed by atoms with van der Waals surface area (Å²) in [5.41, 5.74) is 3.30. The number of nitrogens with zero attached hydrogens (tertiary/aromatic N) is 3. The Morgan fingerprint density at radius 3 is 2.39 bits per heavy atom. The molecule has 3 aromatic rings. The van der Waals surface area contributed by atoms with Crippen LogP contribution in [0.25, 0.3) is 20.9 Å². The van der Waals surface area contributed by atoms with Crippen LogP contribution in [-0.2, 0) is 16.1 Å². The molecule has 0 aliphatic heterocycles. The Morgan fingerprint density at radius 2 is 1.74 bits per heavy atom. The van der Waals surface area contributed by atoms with E-state index in [4.69, 9.17) is 13.1 Å². The summed E-state index contributed by atoms with van der Waals surface area (Å²) in [6.07, 6.45) is 0. The molecule has 0 spiro atoms. The largest absolute Gasteiger partial charge is 0.456 e. The molecule has 0 bridgehead atoms. The SMILES string of the molecule is [C-]#[N+]c1cccc(-c2cc(=O)[nH]n2CC)c1.[C-]#[N+]c1cccc(C#CC(=O)OCC)c1. The maximum Gasteiger partial charge on any atom is 0.384 e. The summed E-state index contributed by atoms with van der Waals surface area (Å²) in [5.74, 6) is 4.42. The molecule has 0 saturated heterocycles. The van der Waals surface area contributed by atoms with Gasteiger partial charge in [0.2, 0.25) is 0 Å². The summed E-state index contributed by atoms with van der Waals surface area (Å²) in [6.45, 7) is 18.5. The van der Waals surface area contributed by atoms with E-state index < -0.39 is 5.97 Å². The lowest BCUT2D eigenvalue weighted by molar-refractivity contribution is -0.136. The molecule has 0 aliphatic rings. The fraction of sp³-hybridized carbons (Fsp3) is 0.167. The first kappa shape index (κ1) is 22.7. The van der Waals surface area contributed by atoms with Crippen LogP contribution in [0.3, 0.4) is 0 Å². The number of carbonyl (C=O) groups is 1. The number of aromatic amines is 1. The van der Waals surface area contributed by atoms with Gasteiger partial charge in [0.1, 0.15) is 0 Å². The molecule has 2 aromatic carbocycles. The summed E-state index contributed by atoms with van der Waals surface area (Å²) in [6, 6.07) is 15.6. The molecule has 0 aliphatic carbocycles. The Labute approximate surface area is 180 Å². The van der Waals surface area contributed by atoms with Gasteiger partial charge in [-0.15, -0.1) is 0 Å². The van der Waals surface area contributed by atoms with Crippen LogP contribution >= 0.6 is 0 Å². The second-order valence-corrected chi connectivity index (χ2v) is 6.04. The van der Waals surface area contributed by atoms with Crippen LogP contribution in [-0.4, -0.2) is 22.4 Å². The van der Waals surface area contributed by atoms with Gasteiger partial charge >= 0.3 is 5.97 Å². The topological polar surface area (TPSA) is 72.8 Å². The lowest BCUT2D eigenvalue weighted by Crippen LogP contribution is -2.04. The summed E-state index contributed by atoms with van der Waals surface area (Å²) in [7, 11) is 0. The van der Waals surface area contributed by atoms with Crippen LogP contribution in [0.15, 0.2) is 59.4 Å². The average Bonchev–Trinajstić information content (AvgIpc) is 3.19. The number of aryl methyl sites for hydroxylation is 1. The van der Waals surface area contributed by atoms with E-state index >= 15 is 0 Å². The fourth-order valence-corrected chi connectivity index (χ4v) is 2.59. The van der Waals surface area contributed by atoms with E-state index in [0.29, 0.717) is 30.1 Å². The zero-order valence-electron chi connectivity index (χ0n) is 17.2. The van der Waals surface area contributed by atoms with E-state index in [1.807, 2.05) is 19.1 Å². The number of benzene rings is 2. The van der Waals surface area contributed by atoms with Crippen molar-refractivity contribution in [2.24, 2.45) is 0 Å². The molecule has 31 heavy (non-hydrogen) atoms. The van der Waals surface area contributed by atoms with Gasteiger partial charge in [-0.25, -0.2) is 14.5 Å². The quantitative estimate of drug-likeness (QED) is 0.389. The normalized spacial score (nSPS) is 9.16. The van der Waals surface area contributed by atoms with Crippen molar-refractivity contribution in [2.75, 3.05) is 6.61 Å². The number of rotatable bonds is 3. The van der Waals surface area contributed by atoms with Crippen LogP contribution in [0, 0.1) is 25.0 Å².